The van der Waals surface area contributed by atoms with Gasteiger partial charge in [0.1, 0.15) is 11.6 Å². The normalized spacial score (nSPS) is 11.7. The Morgan fingerprint density at radius 3 is 2.70 bits per heavy atom. The summed E-state index contributed by atoms with van der Waals surface area (Å²) in [6.07, 6.45) is 0.667. The number of nitrogens with two attached hydrogens (primary N) is 1. The Balaban J connectivity index is 1.80. The average Bonchev–Trinajstić information content (AvgIpc) is 2.83. The van der Waals surface area contributed by atoms with Gasteiger partial charge in [-0.1, -0.05) is 12.1 Å². The Labute approximate surface area is 116 Å². The Hall–Kier alpha value is -1.70. The molecular formula is C13H15FN2O3S. The highest BCUT2D eigenvalue weighted by molar-refractivity contribution is 7.89. The molecule has 0 bridgehead atoms. The van der Waals surface area contributed by atoms with Gasteiger partial charge in [-0.2, -0.15) is 0 Å². The fraction of sp³-hybridized carbons (Fsp3) is 0.231. The van der Waals surface area contributed by atoms with Crippen LogP contribution in [0, 0.1) is 5.82 Å². The largest absolute Gasteiger partial charge is 0.447 e. The highest BCUT2D eigenvalue weighted by Crippen LogP contribution is 2.11. The Morgan fingerprint density at radius 2 is 2.05 bits per heavy atom. The number of sulfonamides is 1. The highest BCUT2D eigenvalue weighted by atomic mass is 32.2. The number of hydrogen-bond donors (Lipinski definition) is 2. The molecule has 0 saturated heterocycles. The number of furan rings is 1. The van der Waals surface area contributed by atoms with Crippen molar-refractivity contribution in [2.75, 3.05) is 6.54 Å². The Bertz CT molecular complexity index is 682. The number of nitrogens with one attached hydrogen (secondary N) is 1. The number of primary sulfonamides is 1. The minimum Gasteiger partial charge on any atom is -0.447 e. The van der Waals surface area contributed by atoms with Crippen LogP contribution in [-0.2, 0) is 23.0 Å². The molecule has 1 aromatic heterocycles. The number of hydrogen-bond acceptors (Lipinski definition) is 4. The van der Waals surface area contributed by atoms with E-state index in [-0.39, 0.29) is 10.9 Å². The summed E-state index contributed by atoms with van der Waals surface area (Å²) in [4.78, 5) is 0. The molecule has 0 unspecified atom stereocenters. The molecular weight excluding hydrogens is 283 g/mol. The molecule has 3 N–H and O–H groups in total. The molecule has 0 aliphatic carbocycles. The van der Waals surface area contributed by atoms with E-state index in [9.17, 15) is 12.8 Å². The van der Waals surface area contributed by atoms with Gasteiger partial charge in [0.15, 0.2) is 0 Å². The van der Waals surface area contributed by atoms with Crippen LogP contribution < -0.4 is 10.5 Å². The van der Waals surface area contributed by atoms with E-state index in [0.717, 1.165) is 5.56 Å². The SMILES string of the molecule is NS(=O)(=O)c1ccc(CNCCc2cccc(F)c2)o1. The maximum absolute atomic E-state index is 13.0. The van der Waals surface area contributed by atoms with E-state index in [1.807, 2.05) is 6.07 Å². The van der Waals surface area contributed by atoms with E-state index in [4.69, 9.17) is 9.56 Å². The lowest BCUT2D eigenvalue weighted by Crippen LogP contribution is -2.16. The van der Waals surface area contributed by atoms with Crippen LogP contribution >= 0.6 is 0 Å². The van der Waals surface area contributed by atoms with Gasteiger partial charge in [-0.25, -0.2) is 17.9 Å². The predicted molar refractivity (Wildman–Crippen MR) is 71.9 cm³/mol. The van der Waals surface area contributed by atoms with Gasteiger partial charge >= 0.3 is 0 Å². The average molecular weight is 298 g/mol. The van der Waals surface area contributed by atoms with Crippen molar-refractivity contribution in [1.82, 2.24) is 5.32 Å². The third kappa shape index (κ3) is 4.16. The summed E-state index contributed by atoms with van der Waals surface area (Å²) in [6, 6.07) is 9.25. The molecule has 0 aliphatic rings. The van der Waals surface area contributed by atoms with Gasteiger partial charge < -0.3 is 9.73 Å². The van der Waals surface area contributed by atoms with Crippen molar-refractivity contribution >= 4 is 10.0 Å². The zero-order chi connectivity index (χ0) is 14.6. The van der Waals surface area contributed by atoms with Gasteiger partial charge in [-0.3, -0.25) is 0 Å². The fourth-order valence-electron chi connectivity index (χ4n) is 1.74. The summed E-state index contributed by atoms with van der Waals surface area (Å²) >= 11 is 0. The number of halogens is 1. The Kier molecular flexibility index (Phi) is 4.53. The molecule has 5 nitrogen and oxygen atoms in total. The maximum atomic E-state index is 13.0. The van der Waals surface area contributed by atoms with Crippen LogP contribution in [0.25, 0.3) is 0 Å². The summed E-state index contributed by atoms with van der Waals surface area (Å²) in [6.45, 7) is 1.000. The summed E-state index contributed by atoms with van der Waals surface area (Å²) < 4.78 is 40.1. The molecule has 0 aliphatic heterocycles. The van der Waals surface area contributed by atoms with Crippen LogP contribution in [0.5, 0.6) is 0 Å². The van der Waals surface area contributed by atoms with E-state index in [1.165, 1.54) is 18.2 Å². The van der Waals surface area contributed by atoms with E-state index in [2.05, 4.69) is 5.32 Å². The third-order valence-corrected chi connectivity index (χ3v) is 3.48. The second kappa shape index (κ2) is 6.17. The fourth-order valence-corrected chi connectivity index (χ4v) is 2.22. The molecule has 0 saturated carbocycles. The molecule has 1 aromatic carbocycles. The first-order valence-corrected chi connectivity index (χ1v) is 7.56. The highest BCUT2D eigenvalue weighted by Gasteiger charge is 2.12. The van der Waals surface area contributed by atoms with E-state index in [0.29, 0.717) is 25.3 Å². The van der Waals surface area contributed by atoms with Crippen molar-refractivity contribution in [3.05, 3.63) is 53.5 Å². The second-order valence-corrected chi connectivity index (χ2v) is 5.81. The van der Waals surface area contributed by atoms with Crippen LogP contribution in [0.2, 0.25) is 0 Å². The summed E-state index contributed by atoms with van der Waals surface area (Å²) in [5.41, 5.74) is 0.891. The number of rotatable bonds is 6. The lowest BCUT2D eigenvalue weighted by Gasteiger charge is -2.03. The quantitative estimate of drug-likeness (QED) is 0.789. The zero-order valence-corrected chi connectivity index (χ0v) is 11.5. The van der Waals surface area contributed by atoms with Crippen molar-refractivity contribution in [2.45, 2.75) is 18.1 Å². The molecule has 7 heteroatoms. The molecule has 108 valence electrons. The van der Waals surface area contributed by atoms with Gasteiger partial charge in [-0.15, -0.1) is 0 Å². The van der Waals surface area contributed by atoms with Crippen molar-refractivity contribution in [2.24, 2.45) is 5.14 Å². The van der Waals surface area contributed by atoms with E-state index < -0.39 is 10.0 Å². The lowest BCUT2D eigenvalue weighted by molar-refractivity contribution is 0.403. The topological polar surface area (TPSA) is 85.3 Å². The van der Waals surface area contributed by atoms with Crippen LogP contribution in [0.15, 0.2) is 45.9 Å². The monoisotopic (exact) mass is 298 g/mol. The summed E-state index contributed by atoms with van der Waals surface area (Å²) in [5, 5.41) is 7.77. The first kappa shape index (κ1) is 14.7. The van der Waals surface area contributed by atoms with Crippen molar-refractivity contribution in [3.63, 3.8) is 0 Å². The van der Waals surface area contributed by atoms with Crippen LogP contribution in [0.3, 0.4) is 0 Å². The molecule has 0 atom stereocenters. The minimum atomic E-state index is -3.80. The van der Waals surface area contributed by atoms with Crippen molar-refractivity contribution < 1.29 is 17.2 Å². The van der Waals surface area contributed by atoms with Crippen molar-refractivity contribution in [3.8, 4) is 0 Å². The molecule has 0 amide bonds. The predicted octanol–water partition coefficient (Wildman–Crippen LogP) is 1.40. The summed E-state index contributed by atoms with van der Waals surface area (Å²) in [7, 11) is -3.80. The Morgan fingerprint density at radius 1 is 1.25 bits per heavy atom. The maximum Gasteiger partial charge on any atom is 0.271 e. The molecule has 2 rings (SSSR count). The molecule has 20 heavy (non-hydrogen) atoms. The minimum absolute atomic E-state index is 0.251. The van der Waals surface area contributed by atoms with Gasteiger partial charge in [0.05, 0.1) is 6.54 Å². The molecule has 2 aromatic rings. The first-order valence-electron chi connectivity index (χ1n) is 6.02. The van der Waals surface area contributed by atoms with Gasteiger partial charge in [-0.05, 0) is 42.8 Å². The lowest BCUT2D eigenvalue weighted by atomic mass is 10.1. The molecule has 0 radical (unpaired) electrons. The molecule has 0 spiro atoms. The van der Waals surface area contributed by atoms with Gasteiger partial charge in [0.2, 0.25) is 5.09 Å². The smallest absolute Gasteiger partial charge is 0.271 e. The molecule has 1 heterocycles. The zero-order valence-electron chi connectivity index (χ0n) is 10.7. The van der Waals surface area contributed by atoms with Crippen molar-refractivity contribution in [1.29, 1.82) is 0 Å². The van der Waals surface area contributed by atoms with Gasteiger partial charge in [0.25, 0.3) is 10.0 Å². The van der Waals surface area contributed by atoms with E-state index in [1.54, 1.807) is 12.1 Å². The van der Waals surface area contributed by atoms with Gasteiger partial charge in [0, 0.05) is 0 Å². The van der Waals surface area contributed by atoms with Crippen LogP contribution in [-0.4, -0.2) is 15.0 Å². The molecule has 0 fully saturated rings. The number of benzene rings is 1. The van der Waals surface area contributed by atoms with Crippen LogP contribution in [0.4, 0.5) is 4.39 Å². The third-order valence-electron chi connectivity index (χ3n) is 2.70. The van der Waals surface area contributed by atoms with Crippen LogP contribution in [0.1, 0.15) is 11.3 Å². The standard InChI is InChI=1S/C13H15FN2O3S/c14-11-3-1-2-10(8-11)6-7-16-9-12-4-5-13(19-12)20(15,17)18/h1-5,8,16H,6-7,9H2,(H2,15,17,18). The van der Waals surface area contributed by atoms with E-state index >= 15 is 0 Å². The summed E-state index contributed by atoms with van der Waals surface area (Å²) in [5.74, 6) is 0.222. The first-order chi connectivity index (χ1) is 9.45. The second-order valence-electron chi connectivity index (χ2n) is 4.32.